The molecule has 11 aromatic rings. The number of furan rings is 1. The molecule has 0 atom stereocenters. The van der Waals surface area contributed by atoms with Crippen molar-refractivity contribution < 1.29 is 4.42 Å². The third-order valence-electron chi connectivity index (χ3n) is 10.3. The standard InChI is InChI=1S/C49H30N2OS2/c1-3-12-31(13-4-1)33-22-26-35(27-23-33)51(36-28-24-34(25-29-36)32-14-5-2-6-15-32)40-30-44-46(38-17-8-10-21-43(38)53-44)48-47(40)50-49(54-48)39-18-11-20-42-45(39)37-16-7-9-19-41(37)52-42/h1-30H. The van der Waals surface area contributed by atoms with Crippen molar-refractivity contribution in [1.82, 2.24) is 4.98 Å². The van der Waals surface area contributed by atoms with Crippen LogP contribution in [0.2, 0.25) is 0 Å². The number of anilines is 3. The van der Waals surface area contributed by atoms with E-state index in [2.05, 4.69) is 175 Å². The Morgan fingerprint density at radius 3 is 1.70 bits per heavy atom. The number of thiophene rings is 1. The van der Waals surface area contributed by atoms with Crippen LogP contribution in [0.25, 0.3) is 85.2 Å². The highest BCUT2D eigenvalue weighted by Gasteiger charge is 2.24. The van der Waals surface area contributed by atoms with Crippen molar-refractivity contribution >= 4 is 92.1 Å². The van der Waals surface area contributed by atoms with Crippen LogP contribution in [0.5, 0.6) is 0 Å². The van der Waals surface area contributed by atoms with E-state index in [4.69, 9.17) is 9.40 Å². The first-order chi connectivity index (χ1) is 26.8. The van der Waals surface area contributed by atoms with Gasteiger partial charge >= 0.3 is 0 Å². The Morgan fingerprint density at radius 1 is 0.444 bits per heavy atom. The monoisotopic (exact) mass is 726 g/mol. The van der Waals surface area contributed by atoms with Gasteiger partial charge in [-0.15, -0.1) is 22.7 Å². The van der Waals surface area contributed by atoms with Gasteiger partial charge in [0, 0.05) is 47.9 Å². The van der Waals surface area contributed by atoms with Crippen molar-refractivity contribution in [3.8, 4) is 32.8 Å². The van der Waals surface area contributed by atoms with Gasteiger partial charge in [-0.3, -0.25) is 0 Å². The fourth-order valence-electron chi connectivity index (χ4n) is 7.79. The van der Waals surface area contributed by atoms with Crippen LogP contribution in [0.3, 0.4) is 0 Å². The average molecular weight is 727 g/mol. The van der Waals surface area contributed by atoms with Crippen LogP contribution >= 0.6 is 22.7 Å². The van der Waals surface area contributed by atoms with Crippen molar-refractivity contribution in [2.45, 2.75) is 0 Å². The van der Waals surface area contributed by atoms with E-state index < -0.39 is 0 Å². The summed E-state index contributed by atoms with van der Waals surface area (Å²) in [6.07, 6.45) is 0. The predicted octanol–water partition coefficient (Wildman–Crippen LogP) is 15.0. The Hall–Kier alpha value is -6.53. The molecule has 8 aromatic carbocycles. The molecule has 3 nitrogen and oxygen atoms in total. The lowest BCUT2D eigenvalue weighted by Gasteiger charge is -2.26. The average Bonchev–Trinajstić information content (AvgIpc) is 3.96. The first kappa shape index (κ1) is 31.0. The quantitative estimate of drug-likeness (QED) is 0.171. The summed E-state index contributed by atoms with van der Waals surface area (Å²) in [7, 11) is 0. The van der Waals surface area contributed by atoms with Gasteiger partial charge < -0.3 is 9.32 Å². The second kappa shape index (κ2) is 12.6. The molecule has 0 bridgehead atoms. The topological polar surface area (TPSA) is 29.3 Å². The summed E-state index contributed by atoms with van der Waals surface area (Å²) >= 11 is 3.62. The van der Waals surface area contributed by atoms with E-state index in [9.17, 15) is 0 Å². The molecule has 0 aliphatic rings. The Labute approximate surface area is 319 Å². The Kier molecular flexibility index (Phi) is 7.22. The number of hydrogen-bond donors (Lipinski definition) is 0. The molecule has 3 heterocycles. The van der Waals surface area contributed by atoms with E-state index >= 15 is 0 Å². The number of benzene rings is 8. The second-order valence-corrected chi connectivity index (χ2v) is 15.6. The third-order valence-corrected chi connectivity index (χ3v) is 12.6. The fourth-order valence-corrected chi connectivity index (χ4v) is 10.2. The molecule has 0 aliphatic carbocycles. The van der Waals surface area contributed by atoms with E-state index in [1.165, 1.54) is 47.1 Å². The van der Waals surface area contributed by atoms with E-state index in [1.807, 2.05) is 23.5 Å². The van der Waals surface area contributed by atoms with Crippen LogP contribution in [0.15, 0.2) is 186 Å². The number of fused-ring (bicyclic) bond motifs is 8. The van der Waals surface area contributed by atoms with Crippen LogP contribution in [0, 0.1) is 0 Å². The van der Waals surface area contributed by atoms with Gasteiger partial charge in [0.2, 0.25) is 0 Å². The van der Waals surface area contributed by atoms with Crippen molar-refractivity contribution in [2.75, 3.05) is 4.90 Å². The van der Waals surface area contributed by atoms with Crippen molar-refractivity contribution in [1.29, 1.82) is 0 Å². The lowest BCUT2D eigenvalue weighted by molar-refractivity contribution is 0.669. The SMILES string of the molecule is c1ccc(-c2ccc(N(c3ccc(-c4ccccc4)cc3)c3cc4sc5ccccc5c4c4sc(-c5cccc6oc7ccccc7c56)nc34)cc2)cc1. The first-order valence-corrected chi connectivity index (χ1v) is 19.7. The summed E-state index contributed by atoms with van der Waals surface area (Å²) in [4.78, 5) is 7.98. The van der Waals surface area contributed by atoms with Crippen LogP contribution in [-0.2, 0) is 0 Å². The minimum absolute atomic E-state index is 0.873. The van der Waals surface area contributed by atoms with Gasteiger partial charge in [0.1, 0.15) is 21.7 Å². The highest BCUT2D eigenvalue weighted by molar-refractivity contribution is 7.28. The molecular formula is C49H30N2OS2. The Morgan fingerprint density at radius 2 is 1.02 bits per heavy atom. The van der Waals surface area contributed by atoms with Gasteiger partial charge in [0.15, 0.2) is 0 Å². The van der Waals surface area contributed by atoms with Crippen molar-refractivity contribution in [3.63, 3.8) is 0 Å². The zero-order valence-electron chi connectivity index (χ0n) is 28.9. The molecule has 0 saturated heterocycles. The van der Waals surface area contributed by atoms with Crippen LogP contribution in [0.1, 0.15) is 0 Å². The van der Waals surface area contributed by atoms with Crippen molar-refractivity contribution in [2.24, 2.45) is 0 Å². The maximum absolute atomic E-state index is 6.34. The highest BCUT2D eigenvalue weighted by atomic mass is 32.1. The summed E-state index contributed by atoms with van der Waals surface area (Å²) in [5, 5.41) is 5.71. The summed E-state index contributed by atoms with van der Waals surface area (Å²) in [5.41, 5.74) is 11.8. The lowest BCUT2D eigenvalue weighted by atomic mass is 10.0. The maximum Gasteiger partial charge on any atom is 0.136 e. The van der Waals surface area contributed by atoms with Gasteiger partial charge in [0.05, 0.1) is 10.4 Å². The Balaban J connectivity index is 1.18. The molecule has 0 unspecified atom stereocenters. The molecule has 0 fully saturated rings. The molecule has 11 rings (SSSR count). The molecule has 0 radical (unpaired) electrons. The molecule has 3 aromatic heterocycles. The molecule has 0 aliphatic heterocycles. The van der Waals surface area contributed by atoms with Crippen LogP contribution in [-0.4, -0.2) is 4.98 Å². The second-order valence-electron chi connectivity index (χ2n) is 13.5. The zero-order valence-corrected chi connectivity index (χ0v) is 30.6. The zero-order chi connectivity index (χ0) is 35.6. The molecule has 0 amide bonds. The smallest absolute Gasteiger partial charge is 0.136 e. The van der Waals surface area contributed by atoms with E-state index in [1.54, 1.807) is 11.3 Å². The van der Waals surface area contributed by atoms with Crippen LogP contribution < -0.4 is 4.90 Å². The summed E-state index contributed by atoms with van der Waals surface area (Å²) in [5.74, 6) is 0. The summed E-state index contributed by atoms with van der Waals surface area (Å²) in [6.45, 7) is 0. The largest absolute Gasteiger partial charge is 0.456 e. The molecule has 0 saturated carbocycles. The lowest BCUT2D eigenvalue weighted by Crippen LogP contribution is -2.10. The molecule has 54 heavy (non-hydrogen) atoms. The number of nitrogens with zero attached hydrogens (tertiary/aromatic N) is 2. The number of aromatic nitrogens is 1. The minimum Gasteiger partial charge on any atom is -0.456 e. The Bertz CT molecular complexity index is 3060. The fraction of sp³-hybridized carbons (Fsp3) is 0. The van der Waals surface area contributed by atoms with E-state index in [0.29, 0.717) is 0 Å². The molecular weight excluding hydrogens is 697 g/mol. The molecule has 0 N–H and O–H groups in total. The number of rotatable bonds is 6. The number of hydrogen-bond acceptors (Lipinski definition) is 5. The third kappa shape index (κ3) is 5.05. The first-order valence-electron chi connectivity index (χ1n) is 18.0. The molecule has 0 spiro atoms. The number of para-hydroxylation sites is 1. The van der Waals surface area contributed by atoms with Gasteiger partial charge in [-0.05, 0) is 70.8 Å². The van der Waals surface area contributed by atoms with E-state index in [0.717, 1.165) is 55.1 Å². The minimum atomic E-state index is 0.873. The van der Waals surface area contributed by atoms with E-state index in [-0.39, 0.29) is 0 Å². The van der Waals surface area contributed by atoms with Gasteiger partial charge in [0.25, 0.3) is 0 Å². The normalized spacial score (nSPS) is 11.7. The van der Waals surface area contributed by atoms with Gasteiger partial charge in [-0.25, -0.2) is 4.98 Å². The predicted molar refractivity (Wildman–Crippen MR) is 231 cm³/mol. The maximum atomic E-state index is 6.34. The number of thiazole rings is 1. The van der Waals surface area contributed by atoms with Gasteiger partial charge in [-0.1, -0.05) is 133 Å². The summed E-state index contributed by atoms with van der Waals surface area (Å²) in [6, 6.07) is 64.7. The molecule has 254 valence electrons. The molecule has 5 heteroatoms. The van der Waals surface area contributed by atoms with Crippen LogP contribution in [0.4, 0.5) is 17.1 Å². The van der Waals surface area contributed by atoms with Gasteiger partial charge in [-0.2, -0.15) is 0 Å². The summed E-state index contributed by atoms with van der Waals surface area (Å²) < 4.78 is 10.0. The highest BCUT2D eigenvalue weighted by Crippen LogP contribution is 2.50. The van der Waals surface area contributed by atoms with Crippen molar-refractivity contribution in [3.05, 3.63) is 182 Å².